The van der Waals surface area contributed by atoms with E-state index in [1.165, 1.54) is 0 Å². The Hall–Kier alpha value is -0.258. The van der Waals surface area contributed by atoms with E-state index in [-0.39, 0.29) is 17.4 Å². The number of hydrogen-bond acceptors (Lipinski definition) is 2. The summed E-state index contributed by atoms with van der Waals surface area (Å²) in [6.45, 7) is 1.65. The Labute approximate surface area is 78.4 Å². The minimum atomic E-state index is 0. The van der Waals surface area contributed by atoms with Gasteiger partial charge in [-0.3, -0.25) is 0 Å². The summed E-state index contributed by atoms with van der Waals surface area (Å²) in [7, 11) is 0. The third-order valence-corrected chi connectivity index (χ3v) is 1.22. The molecular weight excluding hydrogens is 180 g/mol. The van der Waals surface area contributed by atoms with Crippen LogP contribution in [0, 0.1) is 0 Å². The number of aliphatic hydroxyl groups is 1. The maximum Gasteiger partial charge on any atom is 0.119 e. The van der Waals surface area contributed by atoms with Crippen molar-refractivity contribution in [1.82, 2.24) is 0 Å². The van der Waals surface area contributed by atoms with Crippen molar-refractivity contribution >= 4 is 6.29 Å². The van der Waals surface area contributed by atoms with Crippen molar-refractivity contribution in [2.24, 2.45) is 0 Å². The van der Waals surface area contributed by atoms with Crippen LogP contribution in [0.25, 0.3) is 0 Å². The van der Waals surface area contributed by atoms with Gasteiger partial charge in [0.1, 0.15) is 6.29 Å². The van der Waals surface area contributed by atoms with Crippen LogP contribution in [0.3, 0.4) is 0 Å². The van der Waals surface area contributed by atoms with E-state index in [1.807, 2.05) is 0 Å². The molecule has 0 atom stereocenters. The second kappa shape index (κ2) is 9.74. The SMILES string of the molecule is CC(O)=CCCCCC=O.[Cr]. The maximum atomic E-state index is 9.84. The fourth-order valence-corrected chi connectivity index (χ4v) is 0.683. The van der Waals surface area contributed by atoms with E-state index in [2.05, 4.69) is 0 Å². The van der Waals surface area contributed by atoms with E-state index in [1.54, 1.807) is 13.0 Å². The van der Waals surface area contributed by atoms with Gasteiger partial charge in [-0.15, -0.1) is 0 Å². The molecule has 0 aromatic heterocycles. The normalized spacial score (nSPS) is 10.5. The first-order valence-corrected chi connectivity index (χ1v) is 3.56. The van der Waals surface area contributed by atoms with Crippen molar-refractivity contribution in [1.29, 1.82) is 0 Å². The molecule has 3 heteroatoms. The van der Waals surface area contributed by atoms with Gasteiger partial charge in [0, 0.05) is 23.8 Å². The van der Waals surface area contributed by atoms with Crippen molar-refractivity contribution in [3.8, 4) is 0 Å². The average molecular weight is 194 g/mol. The summed E-state index contributed by atoms with van der Waals surface area (Å²) in [4.78, 5) is 9.84. The molecule has 0 radical (unpaired) electrons. The molecule has 0 amide bonds. The Balaban J connectivity index is 0. The predicted molar refractivity (Wildman–Crippen MR) is 40.9 cm³/mol. The molecule has 64 valence electrons. The van der Waals surface area contributed by atoms with E-state index in [0.29, 0.717) is 12.2 Å². The summed E-state index contributed by atoms with van der Waals surface area (Å²) < 4.78 is 0. The number of rotatable bonds is 5. The third-order valence-electron chi connectivity index (χ3n) is 1.22. The number of aldehydes is 1. The molecule has 0 aliphatic rings. The largest absolute Gasteiger partial charge is 0.513 e. The number of hydrogen-bond donors (Lipinski definition) is 1. The molecule has 0 aliphatic carbocycles. The van der Waals surface area contributed by atoms with Crippen LogP contribution in [0.4, 0.5) is 0 Å². The molecule has 0 bridgehead atoms. The van der Waals surface area contributed by atoms with Crippen LogP contribution < -0.4 is 0 Å². The van der Waals surface area contributed by atoms with E-state index >= 15 is 0 Å². The average Bonchev–Trinajstić information content (AvgIpc) is 1.87. The minimum absolute atomic E-state index is 0. The van der Waals surface area contributed by atoms with Gasteiger partial charge in [0.25, 0.3) is 0 Å². The summed E-state index contributed by atoms with van der Waals surface area (Å²) in [6.07, 6.45) is 6.11. The fourth-order valence-electron chi connectivity index (χ4n) is 0.683. The van der Waals surface area contributed by atoms with E-state index < -0.39 is 0 Å². The van der Waals surface area contributed by atoms with Crippen molar-refractivity contribution in [3.05, 3.63) is 11.8 Å². The molecule has 0 rings (SSSR count). The maximum absolute atomic E-state index is 9.84. The molecule has 0 aromatic rings. The van der Waals surface area contributed by atoms with Gasteiger partial charge in [0.05, 0.1) is 5.76 Å². The zero-order valence-electron chi connectivity index (χ0n) is 6.75. The first kappa shape index (κ1) is 13.3. The van der Waals surface area contributed by atoms with Crippen LogP contribution in [0.2, 0.25) is 0 Å². The Morgan fingerprint density at radius 3 is 2.36 bits per heavy atom. The van der Waals surface area contributed by atoms with Crippen molar-refractivity contribution in [2.75, 3.05) is 0 Å². The molecule has 0 unspecified atom stereocenters. The molecular formula is C8H14CrO2. The Morgan fingerprint density at radius 2 is 1.91 bits per heavy atom. The predicted octanol–water partition coefficient (Wildman–Crippen LogP) is 2.21. The Morgan fingerprint density at radius 1 is 1.36 bits per heavy atom. The molecule has 0 spiro atoms. The summed E-state index contributed by atoms with van der Waals surface area (Å²) in [5.74, 6) is 0.367. The van der Waals surface area contributed by atoms with E-state index in [4.69, 9.17) is 5.11 Å². The molecule has 0 fully saturated rings. The van der Waals surface area contributed by atoms with Crippen LogP contribution in [0.15, 0.2) is 11.8 Å². The van der Waals surface area contributed by atoms with Gasteiger partial charge >= 0.3 is 0 Å². The van der Waals surface area contributed by atoms with E-state index in [0.717, 1.165) is 25.5 Å². The standard InChI is InChI=1S/C8H14O2.Cr/c1-8(10)6-4-2-3-5-7-9;/h6-7,10H,2-5H2,1H3;. The monoisotopic (exact) mass is 194 g/mol. The molecule has 2 nitrogen and oxygen atoms in total. The number of allylic oxidation sites excluding steroid dienone is 2. The number of unbranched alkanes of at least 4 members (excludes halogenated alkanes) is 3. The molecule has 0 aromatic carbocycles. The smallest absolute Gasteiger partial charge is 0.119 e. The van der Waals surface area contributed by atoms with Gasteiger partial charge < -0.3 is 9.90 Å². The van der Waals surface area contributed by atoms with Crippen molar-refractivity contribution in [2.45, 2.75) is 32.6 Å². The van der Waals surface area contributed by atoms with E-state index in [9.17, 15) is 4.79 Å². The van der Waals surface area contributed by atoms with Crippen LogP contribution in [-0.2, 0) is 22.2 Å². The van der Waals surface area contributed by atoms with Crippen LogP contribution in [-0.4, -0.2) is 11.4 Å². The number of aliphatic hydroxyl groups excluding tert-OH is 1. The van der Waals surface area contributed by atoms with Gasteiger partial charge in [-0.2, -0.15) is 0 Å². The summed E-state index contributed by atoms with van der Waals surface area (Å²) in [5, 5.41) is 8.70. The number of carbonyl (C=O) groups excluding carboxylic acids is 1. The Bertz CT molecular complexity index is 117. The molecule has 0 heterocycles. The van der Waals surface area contributed by atoms with Crippen molar-refractivity contribution < 1.29 is 27.3 Å². The second-order valence-corrected chi connectivity index (χ2v) is 2.30. The zero-order chi connectivity index (χ0) is 7.82. The summed E-state index contributed by atoms with van der Waals surface area (Å²) in [6, 6.07) is 0. The Kier molecular flexibility index (Phi) is 11.8. The molecule has 0 aliphatic heterocycles. The van der Waals surface area contributed by atoms with Crippen LogP contribution in [0.1, 0.15) is 32.6 Å². The fraction of sp³-hybridized carbons (Fsp3) is 0.625. The van der Waals surface area contributed by atoms with Crippen molar-refractivity contribution in [3.63, 3.8) is 0 Å². The van der Waals surface area contributed by atoms with Gasteiger partial charge in [-0.1, -0.05) is 0 Å². The minimum Gasteiger partial charge on any atom is -0.513 e. The van der Waals surface area contributed by atoms with Gasteiger partial charge in [-0.05, 0) is 32.3 Å². The van der Waals surface area contributed by atoms with Crippen LogP contribution >= 0.6 is 0 Å². The van der Waals surface area contributed by atoms with Gasteiger partial charge in [-0.25, -0.2) is 0 Å². The van der Waals surface area contributed by atoms with Gasteiger partial charge in [0.15, 0.2) is 0 Å². The third kappa shape index (κ3) is 12.8. The molecule has 0 saturated heterocycles. The van der Waals surface area contributed by atoms with Crippen LogP contribution in [0.5, 0.6) is 0 Å². The topological polar surface area (TPSA) is 37.3 Å². The summed E-state index contributed by atoms with van der Waals surface area (Å²) >= 11 is 0. The number of carbonyl (C=O) groups is 1. The molecule has 0 saturated carbocycles. The quantitative estimate of drug-likeness (QED) is 0.414. The summed E-state index contributed by atoms with van der Waals surface area (Å²) in [5.41, 5.74) is 0. The zero-order valence-corrected chi connectivity index (χ0v) is 8.02. The molecule has 1 N–H and O–H groups in total. The van der Waals surface area contributed by atoms with Gasteiger partial charge in [0.2, 0.25) is 0 Å². The molecule has 11 heavy (non-hydrogen) atoms. The second-order valence-electron chi connectivity index (χ2n) is 2.30. The first-order chi connectivity index (χ1) is 4.77. The first-order valence-electron chi connectivity index (χ1n) is 3.56.